The number of rotatable bonds is 6. The summed E-state index contributed by atoms with van der Waals surface area (Å²) in [6.07, 6.45) is 1.76. The minimum Gasteiger partial charge on any atom is -0.352 e. The molecule has 6 nitrogen and oxygen atoms in total. The fraction of sp³-hybridized carbons (Fsp3) is 0.286. The van der Waals surface area contributed by atoms with Crippen molar-refractivity contribution < 1.29 is 13.2 Å². The molecule has 0 unspecified atom stereocenters. The molecule has 0 bridgehead atoms. The van der Waals surface area contributed by atoms with Crippen LogP contribution in [0.15, 0.2) is 29.6 Å². The molecule has 0 atom stereocenters. The lowest BCUT2D eigenvalue weighted by Gasteiger charge is -2.06. The quantitative estimate of drug-likeness (QED) is 0.840. The second kappa shape index (κ2) is 6.89. The third-order valence-electron chi connectivity index (χ3n) is 2.78. The van der Waals surface area contributed by atoms with Crippen LogP contribution in [0.4, 0.5) is 5.69 Å². The first-order valence-corrected chi connectivity index (χ1v) is 9.38. The van der Waals surface area contributed by atoms with E-state index in [2.05, 4.69) is 15.0 Å². The van der Waals surface area contributed by atoms with Crippen LogP contribution in [-0.2, 0) is 16.4 Å². The summed E-state index contributed by atoms with van der Waals surface area (Å²) in [5, 5.41) is 5.80. The molecule has 0 aliphatic rings. The van der Waals surface area contributed by atoms with Crippen LogP contribution in [0, 0.1) is 6.92 Å². The van der Waals surface area contributed by atoms with E-state index in [0.717, 1.165) is 17.0 Å². The van der Waals surface area contributed by atoms with Crippen molar-refractivity contribution in [1.29, 1.82) is 0 Å². The molecule has 1 aromatic heterocycles. The average Bonchev–Trinajstić information content (AvgIpc) is 2.83. The van der Waals surface area contributed by atoms with Gasteiger partial charge < -0.3 is 5.32 Å². The molecule has 0 spiro atoms. The monoisotopic (exact) mass is 339 g/mol. The summed E-state index contributed by atoms with van der Waals surface area (Å²) >= 11 is 1.59. The third kappa shape index (κ3) is 5.12. The standard InChI is InChI=1S/C14H17N3O3S2/c1-10-16-13(9-21-10)7-8-15-14(18)11-3-5-12(6-4-11)17-22(2,19)20/h3-6,9,17H,7-8H2,1-2H3,(H,15,18). The van der Waals surface area contributed by atoms with Crippen LogP contribution in [0.25, 0.3) is 0 Å². The lowest BCUT2D eigenvalue weighted by atomic mass is 10.2. The Balaban J connectivity index is 1.87. The first-order chi connectivity index (χ1) is 10.3. The van der Waals surface area contributed by atoms with Gasteiger partial charge in [0.15, 0.2) is 0 Å². The molecule has 1 aromatic carbocycles. The molecule has 22 heavy (non-hydrogen) atoms. The SMILES string of the molecule is Cc1nc(CCNC(=O)c2ccc(NS(C)(=O)=O)cc2)cs1. The number of carbonyl (C=O) groups excluding carboxylic acids is 1. The van der Waals surface area contributed by atoms with E-state index in [1.54, 1.807) is 35.6 Å². The number of nitrogens with one attached hydrogen (secondary N) is 2. The van der Waals surface area contributed by atoms with Gasteiger partial charge in [-0.1, -0.05) is 0 Å². The number of benzene rings is 1. The molecular weight excluding hydrogens is 322 g/mol. The van der Waals surface area contributed by atoms with Gasteiger partial charge in [-0.25, -0.2) is 13.4 Å². The number of aryl methyl sites for hydroxylation is 1. The van der Waals surface area contributed by atoms with Gasteiger partial charge in [0.05, 0.1) is 17.0 Å². The van der Waals surface area contributed by atoms with Crippen LogP contribution in [0.1, 0.15) is 21.1 Å². The van der Waals surface area contributed by atoms with Crippen molar-refractivity contribution in [3.63, 3.8) is 0 Å². The summed E-state index contributed by atoms with van der Waals surface area (Å²) < 4.78 is 24.6. The molecule has 8 heteroatoms. The predicted octanol–water partition coefficient (Wildman–Crippen LogP) is 1.80. The number of aromatic nitrogens is 1. The van der Waals surface area contributed by atoms with Crippen LogP contribution in [0.5, 0.6) is 0 Å². The zero-order valence-corrected chi connectivity index (χ0v) is 13.9. The topological polar surface area (TPSA) is 88.2 Å². The Labute approximate surface area is 133 Å². The number of anilines is 1. The fourth-order valence-electron chi connectivity index (χ4n) is 1.83. The zero-order valence-electron chi connectivity index (χ0n) is 12.3. The van der Waals surface area contributed by atoms with Gasteiger partial charge in [-0.2, -0.15) is 0 Å². The molecule has 1 heterocycles. The van der Waals surface area contributed by atoms with E-state index in [4.69, 9.17) is 0 Å². The van der Waals surface area contributed by atoms with E-state index >= 15 is 0 Å². The lowest BCUT2D eigenvalue weighted by Crippen LogP contribution is -2.25. The highest BCUT2D eigenvalue weighted by atomic mass is 32.2. The fourth-order valence-corrected chi connectivity index (χ4v) is 3.04. The van der Waals surface area contributed by atoms with E-state index < -0.39 is 10.0 Å². The molecule has 0 saturated heterocycles. The second-order valence-electron chi connectivity index (χ2n) is 4.82. The minimum atomic E-state index is -3.31. The van der Waals surface area contributed by atoms with Gasteiger partial charge in [0.1, 0.15) is 0 Å². The molecule has 0 radical (unpaired) electrons. The lowest BCUT2D eigenvalue weighted by molar-refractivity contribution is 0.0954. The van der Waals surface area contributed by atoms with Crippen molar-refractivity contribution in [3.8, 4) is 0 Å². The molecule has 1 amide bonds. The van der Waals surface area contributed by atoms with E-state index in [1.807, 2.05) is 12.3 Å². The summed E-state index contributed by atoms with van der Waals surface area (Å²) in [6.45, 7) is 2.45. The van der Waals surface area contributed by atoms with Gasteiger partial charge in [-0.05, 0) is 31.2 Å². The molecular formula is C14H17N3O3S2. The van der Waals surface area contributed by atoms with Crippen molar-refractivity contribution >= 4 is 33.0 Å². The third-order valence-corrected chi connectivity index (χ3v) is 4.21. The van der Waals surface area contributed by atoms with Crippen molar-refractivity contribution in [3.05, 3.63) is 45.9 Å². The number of sulfonamides is 1. The van der Waals surface area contributed by atoms with Crippen LogP contribution in [0.2, 0.25) is 0 Å². The first-order valence-electron chi connectivity index (χ1n) is 6.60. The number of hydrogen-bond donors (Lipinski definition) is 2. The largest absolute Gasteiger partial charge is 0.352 e. The summed E-state index contributed by atoms with van der Waals surface area (Å²) in [7, 11) is -3.31. The Morgan fingerprint density at radius 3 is 2.50 bits per heavy atom. The van der Waals surface area contributed by atoms with Gasteiger partial charge in [-0.15, -0.1) is 11.3 Å². The number of amides is 1. The Morgan fingerprint density at radius 2 is 1.95 bits per heavy atom. The van der Waals surface area contributed by atoms with Crippen LogP contribution in [-0.4, -0.2) is 32.1 Å². The maximum absolute atomic E-state index is 12.0. The van der Waals surface area contributed by atoms with Crippen molar-refractivity contribution in [2.45, 2.75) is 13.3 Å². The van der Waals surface area contributed by atoms with E-state index in [9.17, 15) is 13.2 Å². The molecule has 2 aromatic rings. The molecule has 2 rings (SSSR count). The van der Waals surface area contributed by atoms with E-state index in [-0.39, 0.29) is 5.91 Å². The van der Waals surface area contributed by atoms with Crippen LogP contribution >= 0.6 is 11.3 Å². The first kappa shape index (κ1) is 16.4. The molecule has 118 valence electrons. The van der Waals surface area contributed by atoms with Crippen LogP contribution in [0.3, 0.4) is 0 Å². The van der Waals surface area contributed by atoms with Gasteiger partial charge >= 0.3 is 0 Å². The Morgan fingerprint density at radius 1 is 1.27 bits per heavy atom. The van der Waals surface area contributed by atoms with Crippen molar-refractivity contribution in [2.24, 2.45) is 0 Å². The highest BCUT2D eigenvalue weighted by Gasteiger charge is 2.07. The summed E-state index contributed by atoms with van der Waals surface area (Å²) in [6, 6.07) is 6.27. The number of carbonyl (C=O) groups is 1. The Kier molecular flexibility index (Phi) is 5.15. The highest BCUT2D eigenvalue weighted by Crippen LogP contribution is 2.11. The Hall–Kier alpha value is -1.93. The van der Waals surface area contributed by atoms with Crippen LogP contribution < -0.4 is 10.0 Å². The number of thiazole rings is 1. The van der Waals surface area contributed by atoms with Gasteiger partial charge in [0.25, 0.3) is 5.91 Å². The second-order valence-corrected chi connectivity index (χ2v) is 7.63. The molecule has 0 saturated carbocycles. The maximum atomic E-state index is 12.0. The van der Waals surface area contributed by atoms with Crippen molar-refractivity contribution in [1.82, 2.24) is 10.3 Å². The normalized spacial score (nSPS) is 11.2. The molecule has 0 aliphatic heterocycles. The number of nitrogens with zero attached hydrogens (tertiary/aromatic N) is 1. The molecule has 0 fully saturated rings. The maximum Gasteiger partial charge on any atom is 0.251 e. The molecule has 2 N–H and O–H groups in total. The van der Waals surface area contributed by atoms with E-state index in [1.165, 1.54) is 0 Å². The van der Waals surface area contributed by atoms with Gasteiger partial charge in [0, 0.05) is 29.6 Å². The predicted molar refractivity (Wildman–Crippen MR) is 87.8 cm³/mol. The smallest absolute Gasteiger partial charge is 0.251 e. The summed E-state index contributed by atoms with van der Waals surface area (Å²) in [5.41, 5.74) is 1.88. The average molecular weight is 339 g/mol. The highest BCUT2D eigenvalue weighted by molar-refractivity contribution is 7.92. The minimum absolute atomic E-state index is 0.196. The van der Waals surface area contributed by atoms with E-state index in [0.29, 0.717) is 24.2 Å². The van der Waals surface area contributed by atoms with Gasteiger partial charge in [0.2, 0.25) is 10.0 Å². The summed E-state index contributed by atoms with van der Waals surface area (Å²) in [4.78, 5) is 16.3. The summed E-state index contributed by atoms with van der Waals surface area (Å²) in [5.74, 6) is -0.196. The zero-order chi connectivity index (χ0) is 16.2. The van der Waals surface area contributed by atoms with Gasteiger partial charge in [-0.3, -0.25) is 9.52 Å². The van der Waals surface area contributed by atoms with Crippen molar-refractivity contribution in [2.75, 3.05) is 17.5 Å². The number of hydrogen-bond acceptors (Lipinski definition) is 5. The Bertz CT molecular complexity index is 752. The molecule has 0 aliphatic carbocycles.